The highest BCUT2D eigenvalue weighted by Gasteiger charge is 2.49. The lowest BCUT2D eigenvalue weighted by atomic mass is 10.2. The monoisotopic (exact) mass is 270 g/mol. The van der Waals surface area contributed by atoms with Crippen LogP contribution in [0.15, 0.2) is 30.3 Å². The predicted molar refractivity (Wildman–Crippen MR) is 72.2 cm³/mol. The molecule has 18 heavy (non-hydrogen) atoms. The minimum atomic E-state index is -2.85. The second-order valence-electron chi connectivity index (χ2n) is 3.88. The summed E-state index contributed by atoms with van der Waals surface area (Å²) >= 11 is 0. The van der Waals surface area contributed by atoms with Gasteiger partial charge in [-0.05, 0) is 12.0 Å². The van der Waals surface area contributed by atoms with Crippen LogP contribution in [-0.2, 0) is 18.0 Å². The van der Waals surface area contributed by atoms with Crippen LogP contribution >= 0.6 is 0 Å². The second kappa shape index (κ2) is 7.65. The molecule has 0 aliphatic heterocycles. The van der Waals surface area contributed by atoms with Gasteiger partial charge in [0.2, 0.25) is 0 Å². The Balaban J connectivity index is 3.03. The van der Waals surface area contributed by atoms with Gasteiger partial charge in [0.15, 0.2) is 5.73 Å². The maximum atomic E-state index is 5.90. The van der Waals surface area contributed by atoms with Crippen LogP contribution in [0.3, 0.4) is 0 Å². The van der Waals surface area contributed by atoms with Crippen molar-refractivity contribution >= 4 is 8.80 Å². The van der Waals surface area contributed by atoms with Gasteiger partial charge in [0.1, 0.15) is 0 Å². The van der Waals surface area contributed by atoms with E-state index in [9.17, 15) is 0 Å². The Morgan fingerprint density at radius 3 is 2.00 bits per heavy atom. The molecule has 102 valence electrons. The van der Waals surface area contributed by atoms with E-state index in [0.717, 1.165) is 12.0 Å². The van der Waals surface area contributed by atoms with Crippen molar-refractivity contribution in [2.45, 2.75) is 19.1 Å². The minimum Gasteiger partial charge on any atom is -0.375 e. The quantitative estimate of drug-likeness (QED) is 0.680. The molecule has 0 bridgehead atoms. The molecule has 0 aromatic heterocycles. The summed E-state index contributed by atoms with van der Waals surface area (Å²) in [7, 11) is 1.96. The minimum absolute atomic E-state index is 0.293. The third-order valence-corrected chi connectivity index (χ3v) is 5.61. The highest BCUT2D eigenvalue weighted by molar-refractivity contribution is 6.61. The normalized spacial score (nSPS) is 13.6. The van der Waals surface area contributed by atoms with Gasteiger partial charge < -0.3 is 18.0 Å². The van der Waals surface area contributed by atoms with Gasteiger partial charge in [-0.1, -0.05) is 37.3 Å². The lowest BCUT2D eigenvalue weighted by Gasteiger charge is -2.32. The molecule has 0 aliphatic rings. The third-order valence-electron chi connectivity index (χ3n) is 2.77. The predicted octanol–water partition coefficient (Wildman–Crippen LogP) is 2.57. The lowest BCUT2D eigenvalue weighted by molar-refractivity contribution is 0.0122. The Morgan fingerprint density at radius 2 is 1.56 bits per heavy atom. The molecule has 5 heteroatoms. The van der Waals surface area contributed by atoms with E-state index in [4.69, 9.17) is 18.0 Å². The zero-order valence-corrected chi connectivity index (χ0v) is 12.5. The van der Waals surface area contributed by atoms with E-state index in [2.05, 4.69) is 6.92 Å². The first-order valence-corrected chi connectivity index (χ1v) is 7.86. The number of hydrogen-bond donors (Lipinski definition) is 0. The molecule has 0 heterocycles. The molecule has 4 nitrogen and oxygen atoms in total. The maximum absolute atomic E-state index is 5.90. The topological polar surface area (TPSA) is 36.9 Å². The fourth-order valence-corrected chi connectivity index (χ4v) is 3.90. The molecule has 0 spiro atoms. The van der Waals surface area contributed by atoms with Crippen molar-refractivity contribution < 1.29 is 18.0 Å². The van der Waals surface area contributed by atoms with Crippen LogP contribution < -0.4 is 0 Å². The van der Waals surface area contributed by atoms with Gasteiger partial charge in [0.25, 0.3) is 0 Å². The zero-order valence-electron chi connectivity index (χ0n) is 11.5. The van der Waals surface area contributed by atoms with E-state index < -0.39 is 8.80 Å². The Kier molecular flexibility index (Phi) is 6.52. The summed E-state index contributed by atoms with van der Waals surface area (Å²) < 4.78 is 22.5. The van der Waals surface area contributed by atoms with Crippen molar-refractivity contribution in [3.05, 3.63) is 35.9 Å². The van der Waals surface area contributed by atoms with E-state index >= 15 is 0 Å². The first-order valence-electron chi connectivity index (χ1n) is 6.06. The molecule has 1 atom stereocenters. The standard InChI is InChI=1S/C13H22O4Si/c1-5-11-17-13(12-9-7-6-8-10-12)18(14-2,15-3)16-4/h6-10,13H,5,11H2,1-4H3. The average molecular weight is 270 g/mol. The van der Waals surface area contributed by atoms with Gasteiger partial charge in [-0.3, -0.25) is 0 Å². The zero-order chi connectivity index (χ0) is 13.4. The Bertz CT molecular complexity index is 319. The molecule has 0 saturated carbocycles. The third kappa shape index (κ3) is 3.40. The van der Waals surface area contributed by atoms with Crippen LogP contribution in [0, 0.1) is 0 Å². The average Bonchev–Trinajstić information content (AvgIpc) is 2.45. The van der Waals surface area contributed by atoms with E-state index in [1.807, 2.05) is 30.3 Å². The van der Waals surface area contributed by atoms with Crippen molar-refractivity contribution in [1.82, 2.24) is 0 Å². The van der Waals surface area contributed by atoms with Crippen LogP contribution in [0.25, 0.3) is 0 Å². The molecular formula is C13H22O4Si. The smallest absolute Gasteiger partial charge is 0.375 e. The lowest BCUT2D eigenvalue weighted by Crippen LogP contribution is -2.50. The summed E-state index contributed by atoms with van der Waals surface area (Å²) in [6.07, 6.45) is 0.935. The van der Waals surface area contributed by atoms with E-state index in [1.54, 1.807) is 21.3 Å². The highest BCUT2D eigenvalue weighted by atomic mass is 28.4. The highest BCUT2D eigenvalue weighted by Crippen LogP contribution is 2.30. The van der Waals surface area contributed by atoms with E-state index in [0.29, 0.717) is 6.61 Å². The Morgan fingerprint density at radius 1 is 1.00 bits per heavy atom. The van der Waals surface area contributed by atoms with Crippen molar-refractivity contribution in [3.8, 4) is 0 Å². The molecule has 1 aromatic rings. The maximum Gasteiger partial charge on any atom is 0.535 e. The molecular weight excluding hydrogens is 248 g/mol. The summed E-state index contributed by atoms with van der Waals surface area (Å²) in [6.45, 7) is 2.71. The molecule has 1 aromatic carbocycles. The molecule has 1 rings (SSSR count). The molecule has 0 saturated heterocycles. The number of hydrogen-bond acceptors (Lipinski definition) is 4. The summed E-state index contributed by atoms with van der Waals surface area (Å²) in [6, 6.07) is 9.91. The molecule has 0 N–H and O–H groups in total. The number of rotatable bonds is 8. The molecule has 0 fully saturated rings. The van der Waals surface area contributed by atoms with Gasteiger partial charge in [0, 0.05) is 27.9 Å². The number of benzene rings is 1. The van der Waals surface area contributed by atoms with Crippen LogP contribution in [-0.4, -0.2) is 36.7 Å². The summed E-state index contributed by atoms with van der Waals surface area (Å²) in [5.74, 6) is 0. The van der Waals surface area contributed by atoms with Crippen LogP contribution in [0.2, 0.25) is 0 Å². The van der Waals surface area contributed by atoms with Gasteiger partial charge in [-0.2, -0.15) is 0 Å². The molecule has 0 aliphatic carbocycles. The van der Waals surface area contributed by atoms with E-state index in [1.165, 1.54) is 0 Å². The Labute approximate surface area is 110 Å². The fraction of sp³-hybridized carbons (Fsp3) is 0.538. The van der Waals surface area contributed by atoms with Gasteiger partial charge >= 0.3 is 8.80 Å². The molecule has 0 radical (unpaired) electrons. The summed E-state index contributed by atoms with van der Waals surface area (Å²) in [4.78, 5) is 0. The van der Waals surface area contributed by atoms with Gasteiger partial charge in [-0.25, -0.2) is 0 Å². The van der Waals surface area contributed by atoms with Crippen molar-refractivity contribution in [1.29, 1.82) is 0 Å². The summed E-state index contributed by atoms with van der Waals surface area (Å²) in [5.41, 5.74) is 0.724. The molecule has 0 amide bonds. The Hall–Kier alpha value is -0.723. The first kappa shape index (κ1) is 15.3. The van der Waals surface area contributed by atoms with Crippen LogP contribution in [0.5, 0.6) is 0 Å². The van der Waals surface area contributed by atoms with Crippen LogP contribution in [0.4, 0.5) is 0 Å². The second-order valence-corrected chi connectivity index (χ2v) is 6.83. The molecule has 1 unspecified atom stereocenters. The number of ether oxygens (including phenoxy) is 1. The van der Waals surface area contributed by atoms with E-state index in [-0.39, 0.29) is 5.73 Å². The van der Waals surface area contributed by atoms with Crippen LogP contribution in [0.1, 0.15) is 24.6 Å². The fourth-order valence-electron chi connectivity index (χ4n) is 1.84. The van der Waals surface area contributed by atoms with Gasteiger partial charge in [0.05, 0.1) is 0 Å². The largest absolute Gasteiger partial charge is 0.535 e. The first-order chi connectivity index (χ1) is 8.74. The van der Waals surface area contributed by atoms with Crippen molar-refractivity contribution in [3.63, 3.8) is 0 Å². The van der Waals surface area contributed by atoms with Gasteiger partial charge in [-0.15, -0.1) is 0 Å². The SMILES string of the molecule is CCCOC(c1ccccc1)[Si](OC)(OC)OC. The van der Waals surface area contributed by atoms with Crippen molar-refractivity contribution in [2.75, 3.05) is 27.9 Å². The van der Waals surface area contributed by atoms with Crippen molar-refractivity contribution in [2.24, 2.45) is 0 Å². The summed E-state index contributed by atoms with van der Waals surface area (Å²) in [5, 5.41) is 0.